The number of para-hydroxylation sites is 2. The maximum absolute atomic E-state index is 12.3. The summed E-state index contributed by atoms with van der Waals surface area (Å²) >= 11 is 11.5. The van der Waals surface area contributed by atoms with Crippen molar-refractivity contribution in [1.82, 2.24) is 0 Å². The molecular weight excluding hydrogens is 727 g/mol. The molecule has 0 aromatic heterocycles. The van der Waals surface area contributed by atoms with Crippen molar-refractivity contribution in [3.05, 3.63) is 156 Å². The van der Waals surface area contributed by atoms with Crippen molar-refractivity contribution >= 4 is 35.1 Å². The van der Waals surface area contributed by atoms with Gasteiger partial charge in [0.2, 0.25) is 0 Å². The van der Waals surface area contributed by atoms with Crippen molar-refractivity contribution in [2.75, 3.05) is 38.2 Å². The van der Waals surface area contributed by atoms with E-state index in [9.17, 15) is 9.59 Å². The zero-order valence-corrected chi connectivity index (χ0v) is 31.6. The number of rotatable bonds is 21. The average Bonchev–Trinajstić information content (AvgIpc) is 3.21. The molecule has 5 aromatic carbocycles. The standard InChI is InChI=1S/C44H44Cl2O8/c1-44(33-11-5-2-6-12-33,34-17-21-38(22-18-34)51-31-40(53-42(47)25-27-45)29-49-36-13-7-3-8-14-36)35-19-23-39(24-20-35)52-32-41(54-43(48)26-28-46)30-50-37-15-9-4-10-16-37/h2-24,40-41H,25-32H2,1H3. The van der Waals surface area contributed by atoms with Crippen LogP contribution in [0, 0.1) is 0 Å². The van der Waals surface area contributed by atoms with Gasteiger partial charge in [-0.15, -0.1) is 23.2 Å². The van der Waals surface area contributed by atoms with E-state index in [1.807, 2.05) is 127 Å². The van der Waals surface area contributed by atoms with E-state index in [1.165, 1.54) is 0 Å². The number of hydrogen-bond acceptors (Lipinski definition) is 8. The number of ether oxygens (including phenoxy) is 6. The molecule has 0 aliphatic carbocycles. The second-order valence-electron chi connectivity index (χ2n) is 12.5. The normalized spacial score (nSPS) is 13.1. The molecule has 0 radical (unpaired) electrons. The summed E-state index contributed by atoms with van der Waals surface area (Å²) in [4.78, 5) is 24.5. The first-order valence-electron chi connectivity index (χ1n) is 17.8. The quantitative estimate of drug-likeness (QED) is 0.0415. The molecule has 0 spiro atoms. The molecule has 5 rings (SSSR count). The Bertz CT molecular complexity index is 1720. The monoisotopic (exact) mass is 770 g/mol. The Balaban J connectivity index is 1.27. The van der Waals surface area contributed by atoms with Gasteiger partial charge in [0.1, 0.15) is 49.4 Å². The smallest absolute Gasteiger partial charge is 0.307 e. The summed E-state index contributed by atoms with van der Waals surface area (Å²) in [5, 5.41) is 0. The Morgan fingerprint density at radius 3 is 1.09 bits per heavy atom. The van der Waals surface area contributed by atoms with Gasteiger partial charge in [0.25, 0.3) is 0 Å². The number of carbonyl (C=O) groups excluding carboxylic acids is 2. The van der Waals surface area contributed by atoms with Crippen LogP contribution in [-0.2, 0) is 24.5 Å². The summed E-state index contributed by atoms with van der Waals surface area (Å²) in [6.07, 6.45) is -1.09. The van der Waals surface area contributed by atoms with Crippen molar-refractivity contribution in [2.24, 2.45) is 0 Å². The van der Waals surface area contributed by atoms with Crippen LogP contribution in [0.4, 0.5) is 0 Å². The molecule has 0 fully saturated rings. The molecule has 0 saturated carbocycles. The summed E-state index contributed by atoms with van der Waals surface area (Å²) in [5.74, 6) is 2.08. The van der Waals surface area contributed by atoms with Gasteiger partial charge in [0, 0.05) is 17.2 Å². The van der Waals surface area contributed by atoms with E-state index in [1.54, 1.807) is 0 Å². The fraction of sp³-hybridized carbons (Fsp3) is 0.273. The average molecular weight is 772 g/mol. The zero-order valence-electron chi connectivity index (χ0n) is 30.1. The fourth-order valence-electron chi connectivity index (χ4n) is 5.71. The first kappa shape index (κ1) is 40.0. The Morgan fingerprint density at radius 2 is 0.759 bits per heavy atom. The lowest BCUT2D eigenvalue weighted by Crippen LogP contribution is -2.31. The van der Waals surface area contributed by atoms with E-state index in [0.29, 0.717) is 23.0 Å². The minimum absolute atomic E-state index is 0.0952. The lowest BCUT2D eigenvalue weighted by atomic mass is 9.71. The highest BCUT2D eigenvalue weighted by atomic mass is 35.5. The highest BCUT2D eigenvalue weighted by molar-refractivity contribution is 6.19. The molecular formula is C44H44Cl2O8. The van der Waals surface area contributed by atoms with Crippen molar-refractivity contribution in [3.63, 3.8) is 0 Å². The predicted molar refractivity (Wildman–Crippen MR) is 210 cm³/mol. The van der Waals surface area contributed by atoms with Crippen molar-refractivity contribution in [2.45, 2.75) is 37.4 Å². The lowest BCUT2D eigenvalue weighted by molar-refractivity contribution is -0.152. The molecule has 0 aliphatic heterocycles. The summed E-state index contributed by atoms with van der Waals surface area (Å²) in [6.45, 7) is 2.63. The van der Waals surface area contributed by atoms with E-state index in [-0.39, 0.29) is 51.0 Å². The van der Waals surface area contributed by atoms with E-state index in [2.05, 4.69) is 19.1 Å². The van der Waals surface area contributed by atoms with Crippen LogP contribution in [0.3, 0.4) is 0 Å². The molecule has 0 aliphatic rings. The van der Waals surface area contributed by atoms with Crippen LogP contribution in [0.25, 0.3) is 0 Å². The van der Waals surface area contributed by atoms with E-state index < -0.39 is 29.6 Å². The number of carbonyl (C=O) groups is 2. The van der Waals surface area contributed by atoms with Crippen molar-refractivity contribution in [1.29, 1.82) is 0 Å². The molecule has 5 aromatic rings. The molecule has 0 bridgehead atoms. The molecule has 54 heavy (non-hydrogen) atoms. The second kappa shape index (κ2) is 20.9. The highest BCUT2D eigenvalue weighted by Gasteiger charge is 2.31. The van der Waals surface area contributed by atoms with Crippen LogP contribution in [0.5, 0.6) is 23.0 Å². The molecule has 2 unspecified atom stereocenters. The van der Waals surface area contributed by atoms with Crippen LogP contribution in [0.2, 0.25) is 0 Å². The number of alkyl halides is 2. The first-order valence-corrected chi connectivity index (χ1v) is 18.8. The van der Waals surface area contributed by atoms with Gasteiger partial charge in [0.05, 0.1) is 12.8 Å². The minimum atomic E-state index is -0.639. The zero-order chi connectivity index (χ0) is 38.0. The van der Waals surface area contributed by atoms with Gasteiger partial charge in [-0.25, -0.2) is 0 Å². The fourth-order valence-corrected chi connectivity index (χ4v) is 6.02. The summed E-state index contributed by atoms with van der Waals surface area (Å²) < 4.78 is 35.1. The largest absolute Gasteiger partial charge is 0.490 e. The summed E-state index contributed by atoms with van der Waals surface area (Å²) in [5.41, 5.74) is 2.64. The minimum Gasteiger partial charge on any atom is -0.490 e. The number of esters is 2. The van der Waals surface area contributed by atoms with Gasteiger partial charge < -0.3 is 28.4 Å². The van der Waals surface area contributed by atoms with Gasteiger partial charge in [-0.1, -0.05) is 91.0 Å². The lowest BCUT2D eigenvalue weighted by Gasteiger charge is -2.32. The van der Waals surface area contributed by atoms with Crippen molar-refractivity contribution in [3.8, 4) is 23.0 Å². The highest BCUT2D eigenvalue weighted by Crippen LogP contribution is 2.40. The van der Waals surface area contributed by atoms with Crippen LogP contribution >= 0.6 is 23.2 Å². The maximum Gasteiger partial charge on any atom is 0.307 e. The third-order valence-electron chi connectivity index (χ3n) is 8.64. The second-order valence-corrected chi connectivity index (χ2v) is 13.3. The Kier molecular flexibility index (Phi) is 15.5. The summed E-state index contributed by atoms with van der Waals surface area (Å²) in [6, 6.07) is 44.7. The van der Waals surface area contributed by atoms with E-state index in [4.69, 9.17) is 51.6 Å². The Morgan fingerprint density at radius 1 is 0.463 bits per heavy atom. The van der Waals surface area contributed by atoms with Crippen LogP contribution in [0.15, 0.2) is 140 Å². The molecule has 10 heteroatoms. The van der Waals surface area contributed by atoms with Gasteiger partial charge in [-0.3, -0.25) is 9.59 Å². The van der Waals surface area contributed by atoms with E-state index >= 15 is 0 Å². The Hall–Kier alpha value is -5.18. The van der Waals surface area contributed by atoms with Gasteiger partial charge in [-0.2, -0.15) is 0 Å². The third-order valence-corrected chi connectivity index (χ3v) is 9.02. The topological polar surface area (TPSA) is 89.5 Å². The molecule has 0 N–H and O–H groups in total. The van der Waals surface area contributed by atoms with Gasteiger partial charge in [-0.05, 0) is 72.1 Å². The van der Waals surface area contributed by atoms with Crippen LogP contribution in [0.1, 0.15) is 36.5 Å². The van der Waals surface area contributed by atoms with E-state index in [0.717, 1.165) is 16.7 Å². The number of halogens is 2. The molecule has 2 atom stereocenters. The SMILES string of the molecule is CC(c1ccccc1)(c1ccc(OCC(COc2ccccc2)OC(=O)CCCl)cc1)c1ccc(OCC(COc2ccccc2)OC(=O)CCCl)cc1. The molecule has 0 saturated heterocycles. The number of benzene rings is 5. The summed E-state index contributed by atoms with van der Waals surface area (Å²) in [7, 11) is 0. The maximum atomic E-state index is 12.3. The first-order chi connectivity index (χ1) is 26.4. The van der Waals surface area contributed by atoms with Gasteiger partial charge >= 0.3 is 11.9 Å². The number of hydrogen-bond donors (Lipinski definition) is 0. The molecule has 8 nitrogen and oxygen atoms in total. The predicted octanol–water partition coefficient (Wildman–Crippen LogP) is 9.04. The van der Waals surface area contributed by atoms with Crippen LogP contribution in [-0.4, -0.2) is 62.3 Å². The van der Waals surface area contributed by atoms with Crippen molar-refractivity contribution < 1.29 is 38.0 Å². The Labute approximate surface area is 326 Å². The molecule has 282 valence electrons. The molecule has 0 amide bonds. The third kappa shape index (κ3) is 11.9. The molecule has 0 heterocycles. The van der Waals surface area contributed by atoms with Crippen LogP contribution < -0.4 is 18.9 Å². The van der Waals surface area contributed by atoms with Gasteiger partial charge in [0.15, 0.2) is 12.2 Å².